The number of carbonyl (C=O) groups is 12. The lowest BCUT2D eigenvalue weighted by molar-refractivity contribution is -0.144. The fourth-order valence-corrected chi connectivity index (χ4v) is 11.4. The summed E-state index contributed by atoms with van der Waals surface area (Å²) in [4.78, 5) is 172. The number of phenolic OH excluding ortho intramolecular Hbond substituents is 2. The average Bonchev–Trinajstić information content (AvgIpc) is 1.13. The second-order valence-corrected chi connectivity index (χ2v) is 25.4. The number of benzene rings is 4. The number of aliphatic hydroxyl groups excluding tert-OH is 1. The lowest BCUT2D eigenvalue weighted by Crippen LogP contribution is -2.61. The summed E-state index contributed by atoms with van der Waals surface area (Å²) < 4.78 is 0. The summed E-state index contributed by atoms with van der Waals surface area (Å²) in [6, 6.07) is 12.2. The van der Waals surface area contributed by atoms with Crippen molar-refractivity contribution >= 4 is 87.8 Å². The van der Waals surface area contributed by atoms with Crippen molar-refractivity contribution in [3.8, 4) is 11.5 Å². The molecule has 32 nitrogen and oxygen atoms in total. The molecule has 4 aromatic carbocycles. The molecule has 1 aliphatic rings. The predicted molar refractivity (Wildman–Crippen MR) is 373 cm³/mol. The summed E-state index contributed by atoms with van der Waals surface area (Å²) in [5, 5.41) is 78.6. The molecule has 1 aliphatic heterocycles. The van der Waals surface area contributed by atoms with E-state index in [4.69, 9.17) is 16.9 Å². The molecular formula is C70H92N16O16. The van der Waals surface area contributed by atoms with Crippen LogP contribution >= 0.6 is 0 Å². The highest BCUT2D eigenvalue weighted by molar-refractivity contribution is 5.99. The third-order valence-electron chi connectivity index (χ3n) is 16.7. The summed E-state index contributed by atoms with van der Waals surface area (Å²) in [7, 11) is 0. The molecule has 0 radical (unpaired) electrons. The number of aliphatic carboxylic acids is 1. The van der Waals surface area contributed by atoms with Gasteiger partial charge in [0.1, 0.15) is 71.9 Å². The van der Waals surface area contributed by atoms with Crippen LogP contribution in [0.25, 0.3) is 10.8 Å². The van der Waals surface area contributed by atoms with Gasteiger partial charge in [0.25, 0.3) is 0 Å². The molecule has 0 unspecified atom stereocenters. The van der Waals surface area contributed by atoms with Crippen LogP contribution in [0.4, 0.5) is 4.79 Å². The molecule has 32 heteroatoms. The zero-order chi connectivity index (χ0) is 74.6. The monoisotopic (exact) mass is 1410 g/mol. The Bertz CT molecular complexity index is 3750. The number of carboxylic acids is 1. The zero-order valence-corrected chi connectivity index (χ0v) is 57.2. The number of likely N-dealkylation sites (tertiary alicyclic amines) is 1. The zero-order valence-electron chi connectivity index (χ0n) is 57.2. The fourth-order valence-electron chi connectivity index (χ4n) is 11.4. The molecule has 12 amide bonds. The number of primary amides is 1. The minimum absolute atomic E-state index is 0.00701. The van der Waals surface area contributed by atoms with Crippen LogP contribution in [0.5, 0.6) is 11.5 Å². The van der Waals surface area contributed by atoms with Crippen LogP contribution in [-0.4, -0.2) is 194 Å². The van der Waals surface area contributed by atoms with E-state index >= 15 is 0 Å². The molecule has 5 aromatic rings. The number of nitrogens with two attached hydrogens (primary N) is 2. The minimum Gasteiger partial charge on any atom is -0.508 e. The quantitative estimate of drug-likeness (QED) is 0.0130. The van der Waals surface area contributed by atoms with Gasteiger partial charge in [-0.05, 0) is 121 Å². The van der Waals surface area contributed by atoms with Crippen LogP contribution < -0.4 is 70.0 Å². The molecule has 0 spiro atoms. The van der Waals surface area contributed by atoms with Gasteiger partial charge in [0.2, 0.25) is 59.1 Å². The van der Waals surface area contributed by atoms with Crippen LogP contribution in [0.2, 0.25) is 0 Å². The fraction of sp³-hybridized carbons (Fsp3) is 0.429. The number of hydrogen-bond acceptors (Lipinski definition) is 17. The van der Waals surface area contributed by atoms with Crippen molar-refractivity contribution in [3.05, 3.63) is 138 Å². The highest BCUT2D eigenvalue weighted by Crippen LogP contribution is 2.22. The molecule has 10 atom stereocenters. The van der Waals surface area contributed by atoms with Crippen molar-refractivity contribution in [2.75, 3.05) is 26.2 Å². The van der Waals surface area contributed by atoms with Crippen molar-refractivity contribution in [2.24, 2.45) is 17.4 Å². The molecular weight excluding hydrogens is 1320 g/mol. The number of aliphatic hydroxyl groups is 1. The molecule has 1 fully saturated rings. The van der Waals surface area contributed by atoms with E-state index in [0.29, 0.717) is 28.7 Å². The topological polar surface area (TPSA) is 510 Å². The number of phenols is 2. The van der Waals surface area contributed by atoms with E-state index in [1.54, 1.807) is 32.0 Å². The number of aromatic hydroxyl groups is 2. The molecule has 1 saturated heterocycles. The predicted octanol–water partition coefficient (Wildman–Crippen LogP) is -0.855. The van der Waals surface area contributed by atoms with Crippen molar-refractivity contribution in [1.82, 2.24) is 68.4 Å². The van der Waals surface area contributed by atoms with Crippen molar-refractivity contribution in [2.45, 2.75) is 159 Å². The maximum Gasteiger partial charge on any atom is 0.325 e. The standard InChI is InChI=1S/C70H92N16O16/c1-39(2)31-52(60(92)80-51(15-9-28-75-69(71)72)67(99)86-30-10-16-58(86)66(98)77-40(3)68(100)101)81-59(91)50(14-8-29-76-70(73)102)79-62(94)54(33-42-18-23-48(89)24-19-42)84-65(97)57(38-87)85-64(96)56(36-45-11-7-27-74-37-45)83-63(95)55(34-43-20-25-49(90)26-21-43)82-61(93)53(78-41(4)88)35-44-17-22-46-12-5-6-13-47(46)32-44/h5-7,11-13,17-27,32,37,39-40,50-58,87,89-90H,8-10,14-16,28-31,33-36,38H2,1-4H3,(H,77,98)(H,78,88)(H,79,94)(H,80,92)(H,81,91)(H,82,93)(H,83,95)(H,84,97)(H,85,96)(H,100,101)(H4,71,72,75)(H3,73,76,102)/t40-,50-,51+,52+,53-,54+,55-,56-,57+,58+/m1/s1. The first-order valence-corrected chi connectivity index (χ1v) is 33.5. The number of carbonyl (C=O) groups excluding carboxylic acids is 11. The Balaban J connectivity index is 1.25. The summed E-state index contributed by atoms with van der Waals surface area (Å²) >= 11 is 0. The highest BCUT2D eigenvalue weighted by atomic mass is 16.4. The maximum atomic E-state index is 14.9. The van der Waals surface area contributed by atoms with Crippen molar-refractivity contribution < 1.29 is 78.0 Å². The molecule has 0 bridgehead atoms. The Labute approximate surface area is 588 Å². The first-order chi connectivity index (χ1) is 48.6. The van der Waals surface area contributed by atoms with Gasteiger partial charge in [0.15, 0.2) is 5.96 Å². The number of amides is 12. The Hall–Kier alpha value is -11.4. The first kappa shape index (κ1) is 79.5. The van der Waals surface area contributed by atoms with Gasteiger partial charge in [-0.2, -0.15) is 0 Å². The largest absolute Gasteiger partial charge is 0.508 e. The molecule has 102 heavy (non-hydrogen) atoms. The van der Waals surface area contributed by atoms with E-state index in [9.17, 15) is 78.0 Å². The van der Waals surface area contributed by atoms with Gasteiger partial charge in [0.05, 0.1) is 6.61 Å². The number of rotatable bonds is 38. The number of urea groups is 1. The van der Waals surface area contributed by atoms with Gasteiger partial charge >= 0.3 is 12.0 Å². The summed E-state index contributed by atoms with van der Waals surface area (Å²) in [5.74, 6) is -10.9. The lowest BCUT2D eigenvalue weighted by Gasteiger charge is -2.31. The van der Waals surface area contributed by atoms with Crippen LogP contribution in [-0.2, 0) is 78.4 Å². The number of nitrogens with zero attached hydrogens (tertiary/aromatic N) is 2. The molecule has 548 valence electrons. The highest BCUT2D eigenvalue weighted by Gasteiger charge is 2.40. The lowest BCUT2D eigenvalue weighted by atomic mass is 9.99. The first-order valence-electron chi connectivity index (χ1n) is 33.5. The summed E-state index contributed by atoms with van der Waals surface area (Å²) in [5.41, 5.74) is 12.7. The van der Waals surface area contributed by atoms with E-state index in [-0.39, 0.29) is 107 Å². The Morgan fingerprint density at radius 2 is 1.00 bits per heavy atom. The Morgan fingerprint density at radius 1 is 0.539 bits per heavy atom. The molecule has 0 aliphatic carbocycles. The second-order valence-electron chi connectivity index (χ2n) is 25.4. The number of fused-ring (bicyclic) bond motifs is 1. The smallest absolute Gasteiger partial charge is 0.325 e. The number of guanidine groups is 1. The van der Waals surface area contributed by atoms with Crippen LogP contribution in [0.15, 0.2) is 116 Å². The van der Waals surface area contributed by atoms with Gasteiger partial charge in [-0.15, -0.1) is 0 Å². The molecule has 1 aromatic heterocycles. The number of hydrogen-bond donors (Lipinski definition) is 18. The van der Waals surface area contributed by atoms with E-state index in [2.05, 4.69) is 63.5 Å². The summed E-state index contributed by atoms with van der Waals surface area (Å²) in [6.07, 6.45) is 2.42. The average molecular weight is 1410 g/mol. The number of carboxylic acid groups (broad SMARTS) is 1. The molecule has 6 rings (SSSR count). The third-order valence-corrected chi connectivity index (χ3v) is 16.7. The SMILES string of the molecule is CC(=O)N[C@H](Cc1ccc2ccccc2c1)C(=O)N[C@H](Cc1ccc(O)cc1)C(=O)N[C@H](Cc1cccnc1)C(=O)N[C@@H](CO)C(=O)N[C@@H](Cc1ccc(O)cc1)C(=O)N[C@H](CCCNC(N)=O)C(=O)N[C@@H](CC(C)C)C(=O)N[C@@H](CCCNC(=N)N)C(=O)N1CCC[C@H]1C(=O)N[C@H](C)C(=O)O. The van der Waals surface area contributed by atoms with Gasteiger partial charge in [-0.1, -0.05) is 86.6 Å². The normalized spacial score (nSPS) is 15.2. The number of pyridine rings is 1. The molecule has 20 N–H and O–H groups in total. The maximum absolute atomic E-state index is 14.9. The van der Waals surface area contributed by atoms with Gasteiger partial charge in [-0.25, -0.2) is 4.79 Å². The number of nitrogens with one attached hydrogen (secondary N) is 12. The molecule has 2 heterocycles. The minimum atomic E-state index is -1.87. The van der Waals surface area contributed by atoms with E-state index in [1.165, 1.54) is 79.7 Å². The third kappa shape index (κ3) is 25.7. The van der Waals surface area contributed by atoms with E-state index in [1.807, 2.05) is 36.4 Å². The van der Waals surface area contributed by atoms with E-state index < -0.39 is 138 Å². The second kappa shape index (κ2) is 39.4. The Morgan fingerprint density at radius 3 is 1.52 bits per heavy atom. The summed E-state index contributed by atoms with van der Waals surface area (Å²) in [6.45, 7) is 4.97. The van der Waals surface area contributed by atoms with Gasteiger partial charge < -0.3 is 95.3 Å². The van der Waals surface area contributed by atoms with E-state index in [0.717, 1.165) is 10.8 Å². The van der Waals surface area contributed by atoms with Gasteiger partial charge in [-0.3, -0.25) is 63.1 Å². The van der Waals surface area contributed by atoms with Crippen LogP contribution in [0, 0.1) is 11.3 Å². The van der Waals surface area contributed by atoms with Crippen LogP contribution in [0.3, 0.4) is 0 Å². The van der Waals surface area contributed by atoms with Crippen molar-refractivity contribution in [1.29, 1.82) is 5.41 Å². The Kier molecular flexibility index (Phi) is 30.7. The molecule has 0 saturated carbocycles. The van der Waals surface area contributed by atoms with Crippen LogP contribution in [0.1, 0.15) is 94.9 Å². The van der Waals surface area contributed by atoms with Crippen molar-refractivity contribution in [3.63, 3.8) is 0 Å². The number of aromatic nitrogens is 1. The van der Waals surface area contributed by atoms with Gasteiger partial charge in [0, 0.05) is 64.6 Å².